The molecule has 0 saturated carbocycles. The maximum atomic E-state index is 12.6. The van der Waals surface area contributed by atoms with Crippen molar-refractivity contribution < 1.29 is 24.4 Å². The lowest BCUT2D eigenvalue weighted by Crippen LogP contribution is -2.34. The van der Waals surface area contributed by atoms with Crippen LogP contribution in [-0.2, 0) is 0 Å². The molecule has 0 aliphatic carbocycles. The number of amides is 1. The van der Waals surface area contributed by atoms with Gasteiger partial charge in [0.25, 0.3) is 11.6 Å². The van der Waals surface area contributed by atoms with E-state index in [1.165, 1.54) is 31.4 Å². The molecule has 1 saturated heterocycles. The number of halogens is 1. The summed E-state index contributed by atoms with van der Waals surface area (Å²) in [5, 5.41) is 25.7. The number of carboxylic acids is 1. The van der Waals surface area contributed by atoms with Crippen LogP contribution in [0.3, 0.4) is 0 Å². The molecule has 0 unspecified atom stereocenters. The number of anilines is 2. The van der Waals surface area contributed by atoms with Gasteiger partial charge in [-0.1, -0.05) is 11.6 Å². The number of aromatic carboxylic acids is 1. The van der Waals surface area contributed by atoms with E-state index in [0.717, 1.165) is 25.9 Å². The summed E-state index contributed by atoms with van der Waals surface area (Å²) in [7, 11) is 1.34. The number of hydrogen-bond donors (Lipinski definition) is 3. The molecule has 32 heavy (non-hydrogen) atoms. The molecular weight excluding hydrogens is 460 g/mol. The minimum Gasteiger partial charge on any atom is -0.493 e. The smallest absolute Gasteiger partial charge is 0.335 e. The number of carboxylic acid groups (broad SMARTS) is 1. The Kier molecular flexibility index (Phi) is 7.11. The fraction of sp³-hybridized carbons (Fsp3) is 0.250. The molecule has 2 aromatic rings. The minimum atomic E-state index is -1.21. The second-order valence-electron chi connectivity index (χ2n) is 6.91. The minimum absolute atomic E-state index is 0.0390. The number of thiocarbonyl (C=S) groups is 1. The lowest BCUT2D eigenvalue weighted by molar-refractivity contribution is -0.384. The Hall–Kier alpha value is -3.44. The van der Waals surface area contributed by atoms with E-state index in [1.807, 2.05) is 4.90 Å². The molecule has 0 spiro atoms. The van der Waals surface area contributed by atoms with E-state index in [1.54, 1.807) is 6.07 Å². The molecule has 1 fully saturated rings. The molecule has 1 amide bonds. The predicted molar refractivity (Wildman–Crippen MR) is 123 cm³/mol. The summed E-state index contributed by atoms with van der Waals surface area (Å²) >= 11 is 11.2. The number of nitrogens with one attached hydrogen (secondary N) is 2. The Bertz CT molecular complexity index is 1100. The van der Waals surface area contributed by atoms with Gasteiger partial charge in [0, 0.05) is 24.7 Å². The molecule has 1 aliphatic heterocycles. The van der Waals surface area contributed by atoms with Gasteiger partial charge in [0.15, 0.2) is 10.9 Å². The van der Waals surface area contributed by atoms with Gasteiger partial charge in [-0.2, -0.15) is 0 Å². The predicted octanol–water partition coefficient (Wildman–Crippen LogP) is 3.68. The molecule has 3 N–H and O–H groups in total. The molecule has 0 bridgehead atoms. The Morgan fingerprint density at radius 1 is 1.22 bits per heavy atom. The van der Waals surface area contributed by atoms with Crippen LogP contribution in [0.25, 0.3) is 0 Å². The first kappa shape index (κ1) is 23.2. The zero-order valence-corrected chi connectivity index (χ0v) is 18.5. The van der Waals surface area contributed by atoms with Crippen molar-refractivity contribution in [2.24, 2.45) is 0 Å². The zero-order chi connectivity index (χ0) is 23.4. The third kappa shape index (κ3) is 5.06. The molecule has 3 rings (SSSR count). The number of ether oxygens (including phenoxy) is 1. The number of carbonyl (C=O) groups is 2. The summed E-state index contributed by atoms with van der Waals surface area (Å²) in [5.74, 6) is -1.74. The van der Waals surface area contributed by atoms with Crippen LogP contribution in [0.15, 0.2) is 30.3 Å². The first-order valence-corrected chi connectivity index (χ1v) is 10.3. The van der Waals surface area contributed by atoms with E-state index in [0.29, 0.717) is 5.69 Å². The molecule has 0 atom stereocenters. The molecule has 168 valence electrons. The van der Waals surface area contributed by atoms with Crippen molar-refractivity contribution in [2.45, 2.75) is 12.8 Å². The number of nitro groups is 1. The average Bonchev–Trinajstić information content (AvgIpc) is 3.27. The summed E-state index contributed by atoms with van der Waals surface area (Å²) in [4.78, 5) is 36.8. The van der Waals surface area contributed by atoms with Crippen molar-refractivity contribution in [3.05, 3.63) is 56.6 Å². The van der Waals surface area contributed by atoms with Gasteiger partial charge in [-0.3, -0.25) is 20.2 Å². The molecule has 2 aromatic carbocycles. The monoisotopic (exact) mass is 478 g/mol. The highest BCUT2D eigenvalue weighted by Crippen LogP contribution is 2.35. The van der Waals surface area contributed by atoms with E-state index in [-0.39, 0.29) is 38.4 Å². The van der Waals surface area contributed by atoms with Crippen LogP contribution in [-0.4, -0.2) is 47.2 Å². The van der Waals surface area contributed by atoms with Gasteiger partial charge in [0.1, 0.15) is 5.69 Å². The quantitative estimate of drug-likeness (QED) is 0.323. The van der Waals surface area contributed by atoms with Crippen molar-refractivity contribution in [2.75, 3.05) is 30.4 Å². The van der Waals surface area contributed by atoms with E-state index < -0.39 is 16.8 Å². The molecule has 12 heteroatoms. The Morgan fingerprint density at radius 2 is 1.91 bits per heavy atom. The van der Waals surface area contributed by atoms with Gasteiger partial charge >= 0.3 is 5.97 Å². The fourth-order valence-electron chi connectivity index (χ4n) is 3.38. The van der Waals surface area contributed by atoms with E-state index in [4.69, 9.17) is 28.6 Å². The number of rotatable bonds is 6. The van der Waals surface area contributed by atoms with Gasteiger partial charge in [-0.15, -0.1) is 0 Å². The third-order valence-corrected chi connectivity index (χ3v) is 5.34. The maximum absolute atomic E-state index is 12.6. The summed E-state index contributed by atoms with van der Waals surface area (Å²) < 4.78 is 5.17. The molecule has 10 nitrogen and oxygen atoms in total. The Morgan fingerprint density at radius 3 is 2.50 bits per heavy atom. The number of carbonyl (C=O) groups excluding carboxylic acids is 1. The van der Waals surface area contributed by atoms with Crippen LogP contribution in [0.1, 0.15) is 33.6 Å². The number of nitrogens with zero attached hydrogens (tertiary/aromatic N) is 2. The topological polar surface area (TPSA) is 134 Å². The van der Waals surface area contributed by atoms with Crippen molar-refractivity contribution >= 4 is 57.9 Å². The lowest BCUT2D eigenvalue weighted by atomic mass is 10.1. The van der Waals surface area contributed by atoms with E-state index in [9.17, 15) is 24.8 Å². The van der Waals surface area contributed by atoms with Crippen molar-refractivity contribution in [3.8, 4) is 5.75 Å². The van der Waals surface area contributed by atoms with Gasteiger partial charge < -0.3 is 20.1 Å². The standard InChI is InChI=1S/C20H19ClN4O6S/c1-31-17-13(21)8-12(19(27)28)9-14(17)22-20(32)23-18(26)11-4-5-15(16(10-11)25(29)30)24-6-2-3-7-24/h4-5,8-10H,2-3,6-7H2,1H3,(H,27,28)(H2,22,23,26,32). The van der Waals surface area contributed by atoms with Crippen LogP contribution in [0, 0.1) is 10.1 Å². The molecular formula is C20H19ClN4O6S. The lowest BCUT2D eigenvalue weighted by Gasteiger charge is -2.18. The highest BCUT2D eigenvalue weighted by atomic mass is 35.5. The molecule has 1 heterocycles. The number of hydrogen-bond acceptors (Lipinski definition) is 7. The molecule has 0 radical (unpaired) electrons. The Labute approximate surface area is 193 Å². The normalized spacial score (nSPS) is 12.9. The van der Waals surface area contributed by atoms with E-state index in [2.05, 4.69) is 10.6 Å². The number of methoxy groups -OCH3 is 1. The fourth-order valence-corrected chi connectivity index (χ4v) is 3.88. The van der Waals surface area contributed by atoms with Crippen molar-refractivity contribution in [3.63, 3.8) is 0 Å². The van der Waals surface area contributed by atoms with Gasteiger partial charge in [-0.25, -0.2) is 4.79 Å². The number of benzene rings is 2. The van der Waals surface area contributed by atoms with E-state index >= 15 is 0 Å². The highest BCUT2D eigenvalue weighted by Gasteiger charge is 2.24. The highest BCUT2D eigenvalue weighted by molar-refractivity contribution is 7.80. The van der Waals surface area contributed by atoms with Crippen LogP contribution in [0.4, 0.5) is 17.1 Å². The third-order valence-electron chi connectivity index (χ3n) is 4.85. The largest absolute Gasteiger partial charge is 0.493 e. The van der Waals surface area contributed by atoms with Crippen molar-refractivity contribution in [1.29, 1.82) is 0 Å². The van der Waals surface area contributed by atoms with Crippen LogP contribution in [0.2, 0.25) is 5.02 Å². The summed E-state index contributed by atoms with van der Waals surface area (Å²) in [6, 6.07) is 6.71. The zero-order valence-electron chi connectivity index (χ0n) is 16.9. The second-order valence-corrected chi connectivity index (χ2v) is 7.72. The Balaban J connectivity index is 1.79. The summed E-state index contributed by atoms with van der Waals surface area (Å²) in [6.07, 6.45) is 1.91. The SMILES string of the molecule is COc1c(Cl)cc(C(=O)O)cc1NC(=S)NC(=O)c1ccc(N2CCCC2)c([N+](=O)[O-])c1. The van der Waals surface area contributed by atoms with Crippen LogP contribution < -0.4 is 20.3 Å². The summed E-state index contributed by atoms with van der Waals surface area (Å²) in [5.41, 5.74) is 0.377. The van der Waals surface area contributed by atoms with Gasteiger partial charge in [-0.05, 0) is 49.3 Å². The second kappa shape index (κ2) is 9.79. The number of nitro benzene ring substituents is 1. The van der Waals surface area contributed by atoms with Gasteiger partial charge in [0.05, 0.1) is 28.3 Å². The summed E-state index contributed by atoms with van der Waals surface area (Å²) in [6.45, 7) is 1.44. The maximum Gasteiger partial charge on any atom is 0.335 e. The molecule has 0 aromatic heterocycles. The van der Waals surface area contributed by atoms with Crippen LogP contribution >= 0.6 is 23.8 Å². The van der Waals surface area contributed by atoms with Crippen molar-refractivity contribution in [1.82, 2.24) is 5.32 Å². The van der Waals surface area contributed by atoms with Gasteiger partial charge in [0.2, 0.25) is 0 Å². The first-order valence-electron chi connectivity index (χ1n) is 9.47. The molecule has 1 aliphatic rings. The van der Waals surface area contributed by atoms with Crippen LogP contribution in [0.5, 0.6) is 5.75 Å². The average molecular weight is 479 g/mol. The first-order chi connectivity index (χ1) is 15.2.